The second-order valence-electron chi connectivity index (χ2n) is 9.83. The van der Waals surface area contributed by atoms with Crippen molar-refractivity contribution in [2.75, 3.05) is 20.3 Å². The number of fused-ring (bicyclic) bond motifs is 1. The zero-order chi connectivity index (χ0) is 25.6. The van der Waals surface area contributed by atoms with Gasteiger partial charge in [0, 0.05) is 30.1 Å². The number of imide groups is 1. The Morgan fingerprint density at radius 3 is 2.61 bits per heavy atom. The highest BCUT2D eigenvalue weighted by Gasteiger charge is 2.49. The van der Waals surface area contributed by atoms with Crippen molar-refractivity contribution < 1.29 is 23.9 Å². The van der Waals surface area contributed by atoms with Crippen molar-refractivity contribution in [1.29, 1.82) is 0 Å². The molecule has 3 aromatic rings. The molecule has 2 fully saturated rings. The predicted molar refractivity (Wildman–Crippen MR) is 135 cm³/mol. The molecule has 0 saturated carbocycles. The van der Waals surface area contributed by atoms with E-state index in [9.17, 15) is 14.4 Å². The second kappa shape index (κ2) is 9.09. The number of aromatic nitrogens is 1. The Labute approximate surface area is 210 Å². The van der Waals surface area contributed by atoms with Gasteiger partial charge in [-0.05, 0) is 74.2 Å². The van der Waals surface area contributed by atoms with Crippen LogP contribution < -0.4 is 10.1 Å². The zero-order valence-electron chi connectivity index (χ0n) is 21.1. The fourth-order valence-electron chi connectivity index (χ4n) is 5.28. The molecule has 1 aromatic heterocycles. The fraction of sp³-hybridized carbons (Fsp3) is 0.393. The van der Waals surface area contributed by atoms with E-state index >= 15 is 0 Å². The third-order valence-electron chi connectivity index (χ3n) is 7.49. The molecule has 2 aliphatic rings. The number of ether oxygens (including phenoxy) is 2. The van der Waals surface area contributed by atoms with Gasteiger partial charge in [0.25, 0.3) is 5.91 Å². The van der Waals surface area contributed by atoms with Crippen molar-refractivity contribution >= 4 is 28.5 Å². The molecular weight excluding hydrogens is 458 g/mol. The maximum Gasteiger partial charge on any atom is 0.325 e. The Hall–Kier alpha value is -3.65. The third-order valence-corrected chi connectivity index (χ3v) is 7.49. The number of aryl methyl sites for hydroxylation is 1. The lowest BCUT2D eigenvalue weighted by molar-refractivity contribution is -0.130. The van der Waals surface area contributed by atoms with Crippen LogP contribution >= 0.6 is 0 Å². The monoisotopic (exact) mass is 489 g/mol. The topological polar surface area (TPSA) is 89.9 Å². The third kappa shape index (κ3) is 4.05. The molecule has 5 rings (SSSR count). The summed E-state index contributed by atoms with van der Waals surface area (Å²) in [5.74, 6) is 0.0356. The molecule has 3 heterocycles. The molecule has 2 aliphatic heterocycles. The van der Waals surface area contributed by atoms with E-state index in [1.807, 2.05) is 56.3 Å². The molecule has 0 aliphatic carbocycles. The number of carbonyl (C=O) groups is 3. The average Bonchev–Trinajstić information content (AvgIpc) is 3.54. The standard InChI is InChI=1S/C28H31N3O5/c1-17-12-24(18(2)30(17)15-23-6-5-11-36-23)25(32)16-31-26(33)28(3,29-27(31)34)21-9-7-20-14-22(35-4)10-8-19(20)13-21/h7-10,12-14,23H,5-6,11,15-16H2,1-4H3,(H,29,34)/t23-,28+/m0/s1. The summed E-state index contributed by atoms with van der Waals surface area (Å²) in [6, 6.07) is 12.5. The van der Waals surface area contributed by atoms with Crippen LogP contribution in [-0.4, -0.2) is 53.6 Å². The minimum atomic E-state index is -1.26. The van der Waals surface area contributed by atoms with E-state index in [1.54, 1.807) is 14.0 Å². The van der Waals surface area contributed by atoms with E-state index in [4.69, 9.17) is 9.47 Å². The zero-order valence-corrected chi connectivity index (χ0v) is 21.1. The molecule has 8 heteroatoms. The van der Waals surface area contributed by atoms with Gasteiger partial charge in [0.1, 0.15) is 11.3 Å². The summed E-state index contributed by atoms with van der Waals surface area (Å²) in [5, 5.41) is 4.69. The molecule has 0 radical (unpaired) electrons. The van der Waals surface area contributed by atoms with E-state index in [0.29, 0.717) is 17.7 Å². The Bertz CT molecular complexity index is 1370. The fourth-order valence-corrected chi connectivity index (χ4v) is 5.28. The maximum absolute atomic E-state index is 13.5. The first-order chi connectivity index (χ1) is 17.2. The van der Waals surface area contributed by atoms with Gasteiger partial charge >= 0.3 is 6.03 Å². The molecule has 2 saturated heterocycles. The highest BCUT2D eigenvalue weighted by molar-refractivity contribution is 6.11. The number of hydrogen-bond donors (Lipinski definition) is 1. The van der Waals surface area contributed by atoms with Crippen molar-refractivity contribution in [3.05, 3.63) is 65.0 Å². The summed E-state index contributed by atoms with van der Waals surface area (Å²) in [5.41, 5.74) is 1.71. The number of rotatable bonds is 7. The number of ketones is 1. The SMILES string of the molecule is COc1ccc2cc([C@@]3(C)NC(=O)N(CC(=O)c4cc(C)n(C[C@@H]5CCCO5)c4C)C3=O)ccc2c1. The number of nitrogens with zero attached hydrogens (tertiary/aromatic N) is 2. The first kappa shape index (κ1) is 24.1. The summed E-state index contributed by atoms with van der Waals surface area (Å²) < 4.78 is 13.1. The molecule has 1 N–H and O–H groups in total. The molecule has 36 heavy (non-hydrogen) atoms. The summed E-state index contributed by atoms with van der Waals surface area (Å²) in [6.07, 6.45) is 2.20. The second-order valence-corrected chi connectivity index (χ2v) is 9.83. The molecule has 0 spiro atoms. The van der Waals surface area contributed by atoms with Crippen LogP contribution in [0.4, 0.5) is 4.79 Å². The van der Waals surface area contributed by atoms with Gasteiger partial charge in [-0.2, -0.15) is 0 Å². The number of amides is 3. The predicted octanol–water partition coefficient (Wildman–Crippen LogP) is 4.10. The van der Waals surface area contributed by atoms with Crippen molar-refractivity contribution in [3.8, 4) is 5.75 Å². The Kier molecular flexibility index (Phi) is 6.08. The van der Waals surface area contributed by atoms with Crippen LogP contribution in [0.5, 0.6) is 5.75 Å². The van der Waals surface area contributed by atoms with E-state index in [-0.39, 0.29) is 18.4 Å². The van der Waals surface area contributed by atoms with Crippen LogP contribution in [0.25, 0.3) is 10.8 Å². The Morgan fingerprint density at radius 2 is 1.89 bits per heavy atom. The lowest BCUT2D eigenvalue weighted by Crippen LogP contribution is -2.41. The molecule has 188 valence electrons. The van der Waals surface area contributed by atoms with Gasteiger partial charge in [0.05, 0.1) is 19.8 Å². The molecule has 2 aromatic carbocycles. The van der Waals surface area contributed by atoms with E-state index in [0.717, 1.165) is 52.3 Å². The minimum Gasteiger partial charge on any atom is -0.497 e. The largest absolute Gasteiger partial charge is 0.497 e. The van der Waals surface area contributed by atoms with Crippen molar-refractivity contribution in [3.63, 3.8) is 0 Å². The average molecular weight is 490 g/mol. The normalized spacial score (nSPS) is 21.9. The lowest BCUT2D eigenvalue weighted by atomic mass is 9.90. The number of benzene rings is 2. The van der Waals surface area contributed by atoms with Crippen LogP contribution in [0.1, 0.15) is 47.1 Å². The van der Waals surface area contributed by atoms with Gasteiger partial charge in [-0.1, -0.05) is 18.2 Å². The Balaban J connectivity index is 1.36. The van der Waals surface area contributed by atoms with E-state index in [1.165, 1.54) is 0 Å². The molecule has 3 amide bonds. The van der Waals surface area contributed by atoms with Gasteiger partial charge in [-0.25, -0.2) is 4.79 Å². The van der Waals surface area contributed by atoms with Crippen molar-refractivity contribution in [2.24, 2.45) is 0 Å². The number of nitrogens with one attached hydrogen (secondary N) is 1. The van der Waals surface area contributed by atoms with Crippen molar-refractivity contribution in [1.82, 2.24) is 14.8 Å². The number of hydrogen-bond acceptors (Lipinski definition) is 5. The minimum absolute atomic E-state index is 0.146. The maximum atomic E-state index is 13.5. The smallest absolute Gasteiger partial charge is 0.325 e. The van der Waals surface area contributed by atoms with Gasteiger partial charge < -0.3 is 19.4 Å². The van der Waals surface area contributed by atoms with Gasteiger partial charge in [-0.15, -0.1) is 0 Å². The first-order valence-corrected chi connectivity index (χ1v) is 12.2. The number of methoxy groups -OCH3 is 1. The molecule has 2 atom stereocenters. The van der Waals surface area contributed by atoms with Gasteiger partial charge in [0.2, 0.25) is 0 Å². The number of carbonyl (C=O) groups excluding carboxylic acids is 3. The van der Waals surface area contributed by atoms with Crippen molar-refractivity contribution in [2.45, 2.75) is 51.8 Å². The number of Topliss-reactive ketones (excluding diaryl/α,β-unsaturated/α-hetero) is 1. The quantitative estimate of drug-likeness (QED) is 0.399. The molecule has 0 bridgehead atoms. The molecule has 0 unspecified atom stereocenters. The number of urea groups is 1. The van der Waals surface area contributed by atoms with Crippen LogP contribution in [0.3, 0.4) is 0 Å². The summed E-state index contributed by atoms with van der Waals surface area (Å²) in [6.45, 7) is 6.69. The van der Waals surface area contributed by atoms with Crippen LogP contribution in [0.15, 0.2) is 42.5 Å². The van der Waals surface area contributed by atoms with Gasteiger partial charge in [0.15, 0.2) is 5.78 Å². The van der Waals surface area contributed by atoms with E-state index in [2.05, 4.69) is 9.88 Å². The van der Waals surface area contributed by atoms with Crippen LogP contribution in [-0.2, 0) is 21.6 Å². The highest BCUT2D eigenvalue weighted by atomic mass is 16.5. The highest BCUT2D eigenvalue weighted by Crippen LogP contribution is 2.32. The summed E-state index contributed by atoms with van der Waals surface area (Å²) in [4.78, 5) is 40.6. The van der Waals surface area contributed by atoms with Crippen LogP contribution in [0.2, 0.25) is 0 Å². The van der Waals surface area contributed by atoms with E-state index < -0.39 is 17.5 Å². The molecular formula is C28H31N3O5. The summed E-state index contributed by atoms with van der Waals surface area (Å²) in [7, 11) is 1.61. The first-order valence-electron chi connectivity index (χ1n) is 12.2. The lowest BCUT2D eigenvalue weighted by Gasteiger charge is -2.22. The summed E-state index contributed by atoms with van der Waals surface area (Å²) >= 11 is 0. The molecule has 8 nitrogen and oxygen atoms in total. The van der Waals surface area contributed by atoms with Gasteiger partial charge in [-0.3, -0.25) is 14.5 Å². The Morgan fingerprint density at radius 1 is 1.14 bits per heavy atom. The van der Waals surface area contributed by atoms with Crippen LogP contribution in [0, 0.1) is 13.8 Å².